The van der Waals surface area contributed by atoms with Crippen LogP contribution in [0.25, 0.3) is 22.3 Å². The van der Waals surface area contributed by atoms with Crippen molar-refractivity contribution in [2.75, 3.05) is 6.61 Å². The largest absolute Gasteiger partial charge is 0.462 e. The molecule has 0 unspecified atom stereocenters. The van der Waals surface area contributed by atoms with Gasteiger partial charge in [0, 0.05) is 23.3 Å². The second kappa shape index (κ2) is 6.79. The van der Waals surface area contributed by atoms with Crippen LogP contribution in [0.1, 0.15) is 22.8 Å². The number of nitrogens with zero attached hydrogens (tertiary/aromatic N) is 1. The predicted molar refractivity (Wildman–Crippen MR) is 95.3 cm³/mol. The summed E-state index contributed by atoms with van der Waals surface area (Å²) in [6, 6.07) is 11.1. The molecule has 7 heteroatoms. The van der Waals surface area contributed by atoms with E-state index in [-0.39, 0.29) is 28.8 Å². The first-order valence-electron chi connectivity index (χ1n) is 7.92. The maximum atomic E-state index is 12.8. The Hall–Kier alpha value is -3.48. The van der Waals surface area contributed by atoms with Crippen molar-refractivity contribution in [3.05, 3.63) is 73.9 Å². The minimum absolute atomic E-state index is 0.0245. The predicted octanol–water partition coefficient (Wildman–Crippen LogP) is 3.85. The van der Waals surface area contributed by atoms with Crippen molar-refractivity contribution in [1.82, 2.24) is 0 Å². The van der Waals surface area contributed by atoms with Gasteiger partial charge in [0.15, 0.2) is 11.0 Å². The van der Waals surface area contributed by atoms with E-state index in [1.165, 1.54) is 0 Å². The Morgan fingerprint density at radius 1 is 1.23 bits per heavy atom. The number of non-ortho nitro benzene ring substituents is 1. The van der Waals surface area contributed by atoms with Gasteiger partial charge in [-0.25, -0.2) is 4.79 Å². The number of nitro groups is 1. The van der Waals surface area contributed by atoms with Crippen LogP contribution in [-0.4, -0.2) is 17.5 Å². The zero-order valence-corrected chi connectivity index (χ0v) is 14.1. The number of hydrogen-bond donors (Lipinski definition) is 0. The Morgan fingerprint density at radius 3 is 2.54 bits per heavy atom. The monoisotopic (exact) mass is 353 g/mol. The summed E-state index contributed by atoms with van der Waals surface area (Å²) in [5.41, 5.74) is -0.0101. The quantitative estimate of drug-likeness (QED) is 0.401. The molecule has 0 saturated heterocycles. The first kappa shape index (κ1) is 17.3. The normalized spacial score (nSPS) is 10.7. The average molecular weight is 353 g/mol. The number of nitro benzene ring substituents is 1. The molecular formula is C19H15NO6. The highest BCUT2D eigenvalue weighted by Gasteiger charge is 2.23. The van der Waals surface area contributed by atoms with Crippen LogP contribution in [0, 0.1) is 17.0 Å². The van der Waals surface area contributed by atoms with E-state index >= 15 is 0 Å². The minimum atomic E-state index is -0.785. The molecule has 0 atom stereocenters. The van der Waals surface area contributed by atoms with Gasteiger partial charge in [0.1, 0.15) is 11.3 Å². The lowest BCUT2D eigenvalue weighted by Crippen LogP contribution is -2.12. The highest BCUT2D eigenvalue weighted by Crippen LogP contribution is 2.30. The lowest BCUT2D eigenvalue weighted by Gasteiger charge is -2.10. The van der Waals surface area contributed by atoms with Gasteiger partial charge in [-0.2, -0.15) is 0 Å². The summed E-state index contributed by atoms with van der Waals surface area (Å²) in [5.74, 6) is -0.477. The van der Waals surface area contributed by atoms with Crippen LogP contribution >= 0.6 is 0 Å². The molecule has 0 N–H and O–H groups in total. The number of carbonyl (C=O) groups excluding carboxylic acids is 1. The standard InChI is InChI=1S/C19H15NO6/c1-3-25-19(22)15-10-13(20(23)24)9-14-16(21)11(2)17(26-18(14)15)12-7-5-4-6-8-12/h4-10H,3H2,1-2H3. The molecule has 0 aliphatic rings. The summed E-state index contributed by atoms with van der Waals surface area (Å²) in [5, 5.41) is 11.2. The number of hydrogen-bond acceptors (Lipinski definition) is 6. The molecule has 0 saturated carbocycles. The zero-order valence-electron chi connectivity index (χ0n) is 14.1. The Labute approximate surface area is 148 Å². The minimum Gasteiger partial charge on any atom is -0.462 e. The van der Waals surface area contributed by atoms with Crippen LogP contribution in [0.5, 0.6) is 0 Å². The molecular weight excluding hydrogens is 338 g/mol. The molecule has 7 nitrogen and oxygen atoms in total. The molecule has 2 aromatic carbocycles. The summed E-state index contributed by atoms with van der Waals surface area (Å²) < 4.78 is 10.8. The number of ether oxygens (including phenoxy) is 1. The van der Waals surface area contributed by atoms with E-state index in [4.69, 9.17) is 9.15 Å². The molecule has 0 amide bonds. The highest BCUT2D eigenvalue weighted by molar-refractivity contribution is 6.03. The molecule has 3 rings (SSSR count). The Morgan fingerprint density at radius 2 is 1.92 bits per heavy atom. The summed E-state index contributed by atoms with van der Waals surface area (Å²) >= 11 is 0. The molecule has 132 valence electrons. The van der Waals surface area contributed by atoms with E-state index in [0.717, 1.165) is 12.1 Å². The lowest BCUT2D eigenvalue weighted by molar-refractivity contribution is -0.384. The molecule has 1 heterocycles. The molecule has 0 fully saturated rings. The summed E-state index contributed by atoms with van der Waals surface area (Å²) in [6.07, 6.45) is 0. The van der Waals surface area contributed by atoms with Crippen molar-refractivity contribution in [2.45, 2.75) is 13.8 Å². The molecule has 0 bridgehead atoms. The third kappa shape index (κ3) is 2.95. The van der Waals surface area contributed by atoms with Crippen molar-refractivity contribution in [3.8, 4) is 11.3 Å². The molecule has 3 aromatic rings. The second-order valence-electron chi connectivity index (χ2n) is 5.60. The average Bonchev–Trinajstić information content (AvgIpc) is 2.64. The van der Waals surface area contributed by atoms with Gasteiger partial charge in [-0.05, 0) is 13.8 Å². The zero-order chi connectivity index (χ0) is 18.8. The van der Waals surface area contributed by atoms with Gasteiger partial charge in [0.05, 0.1) is 16.9 Å². The van der Waals surface area contributed by atoms with Gasteiger partial charge >= 0.3 is 5.97 Å². The van der Waals surface area contributed by atoms with Gasteiger partial charge in [0.2, 0.25) is 0 Å². The number of carbonyl (C=O) groups is 1. The van der Waals surface area contributed by atoms with Gasteiger partial charge in [-0.3, -0.25) is 14.9 Å². The van der Waals surface area contributed by atoms with Crippen molar-refractivity contribution in [3.63, 3.8) is 0 Å². The third-order valence-corrected chi connectivity index (χ3v) is 3.95. The lowest BCUT2D eigenvalue weighted by atomic mass is 10.0. The van der Waals surface area contributed by atoms with Gasteiger partial charge in [0.25, 0.3) is 5.69 Å². The van der Waals surface area contributed by atoms with E-state index in [1.807, 2.05) is 6.07 Å². The maximum absolute atomic E-state index is 12.8. The van der Waals surface area contributed by atoms with Crippen LogP contribution < -0.4 is 5.43 Å². The van der Waals surface area contributed by atoms with E-state index < -0.39 is 16.3 Å². The first-order chi connectivity index (χ1) is 12.4. The number of rotatable bonds is 4. The molecule has 0 spiro atoms. The highest BCUT2D eigenvalue weighted by atomic mass is 16.6. The van der Waals surface area contributed by atoms with E-state index in [9.17, 15) is 19.7 Å². The van der Waals surface area contributed by atoms with Gasteiger partial charge < -0.3 is 9.15 Å². The molecule has 0 radical (unpaired) electrons. The van der Waals surface area contributed by atoms with E-state index in [1.54, 1.807) is 38.1 Å². The van der Waals surface area contributed by atoms with Crippen LogP contribution in [0.3, 0.4) is 0 Å². The smallest absolute Gasteiger partial charge is 0.342 e. The van der Waals surface area contributed by atoms with Crippen LogP contribution in [0.4, 0.5) is 5.69 Å². The summed E-state index contributed by atoms with van der Waals surface area (Å²) in [7, 11) is 0. The van der Waals surface area contributed by atoms with Gasteiger partial charge in [-0.15, -0.1) is 0 Å². The first-order valence-corrected chi connectivity index (χ1v) is 7.92. The molecule has 0 aliphatic heterocycles. The van der Waals surface area contributed by atoms with Crippen molar-refractivity contribution >= 4 is 22.6 Å². The second-order valence-corrected chi connectivity index (χ2v) is 5.60. The third-order valence-electron chi connectivity index (χ3n) is 3.95. The molecule has 26 heavy (non-hydrogen) atoms. The van der Waals surface area contributed by atoms with Crippen LogP contribution in [-0.2, 0) is 4.74 Å². The molecule has 0 aliphatic carbocycles. The fourth-order valence-corrected chi connectivity index (χ4v) is 2.71. The van der Waals surface area contributed by atoms with E-state index in [0.29, 0.717) is 16.9 Å². The Kier molecular flexibility index (Phi) is 4.53. The topological polar surface area (TPSA) is 99.6 Å². The van der Waals surface area contributed by atoms with Crippen LogP contribution in [0.15, 0.2) is 51.7 Å². The fraction of sp³-hybridized carbons (Fsp3) is 0.158. The van der Waals surface area contributed by atoms with Gasteiger partial charge in [-0.1, -0.05) is 30.3 Å². The Balaban J connectivity index is 2.40. The Bertz CT molecular complexity index is 1070. The SMILES string of the molecule is CCOC(=O)c1cc([N+](=O)[O-])cc2c(=O)c(C)c(-c3ccccc3)oc12. The van der Waals surface area contributed by atoms with Crippen LogP contribution in [0.2, 0.25) is 0 Å². The maximum Gasteiger partial charge on any atom is 0.342 e. The number of esters is 1. The van der Waals surface area contributed by atoms with Crippen molar-refractivity contribution in [2.24, 2.45) is 0 Å². The fourth-order valence-electron chi connectivity index (χ4n) is 2.71. The van der Waals surface area contributed by atoms with Crippen molar-refractivity contribution < 1.29 is 18.9 Å². The summed E-state index contributed by atoms with van der Waals surface area (Å²) in [6.45, 7) is 3.29. The number of fused-ring (bicyclic) bond motifs is 1. The van der Waals surface area contributed by atoms with Crippen molar-refractivity contribution in [1.29, 1.82) is 0 Å². The molecule has 1 aromatic heterocycles. The number of benzene rings is 2. The van der Waals surface area contributed by atoms with E-state index in [2.05, 4.69) is 0 Å². The summed E-state index contributed by atoms with van der Waals surface area (Å²) in [4.78, 5) is 35.6.